The van der Waals surface area contributed by atoms with Crippen molar-refractivity contribution < 1.29 is 9.36 Å². The van der Waals surface area contributed by atoms with E-state index in [1.807, 2.05) is 84.7 Å². The molecule has 2 aromatic carbocycles. The van der Waals surface area contributed by atoms with E-state index in [1.54, 1.807) is 6.08 Å². The van der Waals surface area contributed by atoms with Crippen LogP contribution < -0.4 is 4.57 Å². The van der Waals surface area contributed by atoms with Crippen molar-refractivity contribution in [2.24, 2.45) is 7.05 Å². The van der Waals surface area contributed by atoms with Gasteiger partial charge in [0.05, 0.1) is 0 Å². The van der Waals surface area contributed by atoms with Crippen molar-refractivity contribution in [2.45, 2.75) is 0 Å². The van der Waals surface area contributed by atoms with Crippen LogP contribution in [0.25, 0.3) is 16.8 Å². The highest BCUT2D eigenvalue weighted by Gasteiger charge is 2.03. The van der Waals surface area contributed by atoms with Gasteiger partial charge < -0.3 is 0 Å². The fraction of sp³-hybridized carbons (Fsp3) is 0.0526. The van der Waals surface area contributed by atoms with Gasteiger partial charge in [-0.1, -0.05) is 36.4 Å². The topological polar surface area (TPSA) is 20.9 Å². The number of carbonyl (C=O) groups is 1. The maximum atomic E-state index is 12.3. The van der Waals surface area contributed by atoms with Crippen LogP contribution in [0.5, 0.6) is 0 Å². The molecule has 0 N–H and O–H groups in total. The molecule has 0 aliphatic rings. The Bertz CT molecular complexity index is 834. The molecule has 0 radical (unpaired) electrons. The fourth-order valence-corrected chi connectivity index (χ4v) is 2.32. The van der Waals surface area contributed by atoms with Crippen LogP contribution in [0.15, 0.2) is 73.1 Å². The third-order valence-electron chi connectivity index (χ3n) is 3.42. The highest BCUT2D eigenvalue weighted by atomic mass is 16.1. The number of hydrogen-bond donors (Lipinski definition) is 0. The molecule has 0 saturated carbocycles. The molecule has 0 saturated heterocycles. The van der Waals surface area contributed by atoms with Crippen molar-refractivity contribution in [1.82, 2.24) is 0 Å². The van der Waals surface area contributed by atoms with Crippen molar-refractivity contribution in [3.63, 3.8) is 0 Å². The van der Waals surface area contributed by atoms with Gasteiger partial charge in [0.1, 0.15) is 7.05 Å². The zero-order valence-electron chi connectivity index (χ0n) is 11.9. The monoisotopic (exact) mass is 274 g/mol. The summed E-state index contributed by atoms with van der Waals surface area (Å²) in [4.78, 5) is 12.3. The second kappa shape index (κ2) is 5.71. The normalized spacial score (nSPS) is 11.1. The number of hydrogen-bond acceptors (Lipinski definition) is 1. The number of nitrogens with zero attached hydrogens (tertiary/aromatic N) is 1. The smallest absolute Gasteiger partial charge is 0.185 e. The summed E-state index contributed by atoms with van der Waals surface area (Å²) in [6, 6.07) is 17.8. The second-order valence-corrected chi connectivity index (χ2v) is 5.06. The maximum absolute atomic E-state index is 12.3. The van der Waals surface area contributed by atoms with Crippen molar-refractivity contribution in [3.05, 3.63) is 84.2 Å². The van der Waals surface area contributed by atoms with Crippen LogP contribution in [0.2, 0.25) is 0 Å². The summed E-state index contributed by atoms with van der Waals surface area (Å²) in [6.07, 6.45) is 7.41. The molecule has 3 aromatic rings. The van der Waals surface area contributed by atoms with Gasteiger partial charge in [-0.15, -0.1) is 0 Å². The second-order valence-electron chi connectivity index (χ2n) is 5.06. The molecule has 0 atom stereocenters. The van der Waals surface area contributed by atoms with E-state index in [0.29, 0.717) is 5.56 Å². The van der Waals surface area contributed by atoms with E-state index < -0.39 is 0 Å². The Morgan fingerprint density at radius 3 is 2.62 bits per heavy atom. The lowest BCUT2D eigenvalue weighted by atomic mass is 10.0. The van der Waals surface area contributed by atoms with Gasteiger partial charge in [0.15, 0.2) is 18.2 Å². The van der Waals surface area contributed by atoms with Crippen LogP contribution in [-0.4, -0.2) is 5.78 Å². The molecular weight excluding hydrogens is 258 g/mol. The number of benzene rings is 2. The van der Waals surface area contributed by atoms with Gasteiger partial charge in [0, 0.05) is 17.2 Å². The summed E-state index contributed by atoms with van der Waals surface area (Å²) in [6.45, 7) is 0. The molecule has 3 rings (SSSR count). The molecule has 2 nitrogen and oxygen atoms in total. The lowest BCUT2D eigenvalue weighted by Gasteiger charge is -2.00. The molecule has 2 heteroatoms. The first-order valence-corrected chi connectivity index (χ1v) is 6.89. The number of aryl methyl sites for hydroxylation is 1. The van der Waals surface area contributed by atoms with E-state index in [4.69, 9.17) is 0 Å². The van der Waals surface area contributed by atoms with Crippen LogP contribution in [0, 0.1) is 0 Å². The SMILES string of the molecule is C[n+]1cccc(/C=C/C(=O)c2ccc3ccccc3c2)c1. The average molecular weight is 274 g/mol. The molecule has 1 heterocycles. The highest BCUT2D eigenvalue weighted by molar-refractivity contribution is 6.08. The van der Waals surface area contributed by atoms with E-state index in [1.165, 1.54) is 0 Å². The lowest BCUT2D eigenvalue weighted by Crippen LogP contribution is -2.26. The van der Waals surface area contributed by atoms with Crippen LogP contribution in [-0.2, 0) is 7.05 Å². The molecular formula is C19H16NO+. The molecule has 0 fully saturated rings. The number of allylic oxidation sites excluding steroid dienone is 1. The summed E-state index contributed by atoms with van der Waals surface area (Å²) in [5.41, 5.74) is 1.72. The lowest BCUT2D eigenvalue weighted by molar-refractivity contribution is -0.671. The van der Waals surface area contributed by atoms with Crippen molar-refractivity contribution in [2.75, 3.05) is 0 Å². The molecule has 0 unspecified atom stereocenters. The summed E-state index contributed by atoms with van der Waals surface area (Å²) >= 11 is 0. The van der Waals surface area contributed by atoms with Gasteiger partial charge in [-0.3, -0.25) is 4.79 Å². The third kappa shape index (κ3) is 3.06. The Morgan fingerprint density at radius 1 is 1.00 bits per heavy atom. The van der Waals surface area contributed by atoms with Crippen molar-refractivity contribution >= 4 is 22.6 Å². The number of fused-ring (bicyclic) bond motifs is 1. The van der Waals surface area contributed by atoms with Crippen LogP contribution in [0.1, 0.15) is 15.9 Å². The summed E-state index contributed by atoms with van der Waals surface area (Å²) in [5.74, 6) is 0.0206. The van der Waals surface area contributed by atoms with Crippen molar-refractivity contribution in [1.29, 1.82) is 0 Å². The molecule has 0 aliphatic heterocycles. The first-order valence-electron chi connectivity index (χ1n) is 6.89. The predicted molar refractivity (Wildman–Crippen MR) is 84.9 cm³/mol. The summed E-state index contributed by atoms with van der Waals surface area (Å²) < 4.78 is 1.96. The summed E-state index contributed by atoms with van der Waals surface area (Å²) in [7, 11) is 1.96. The Labute approximate surface area is 124 Å². The molecule has 0 aliphatic carbocycles. The number of aromatic nitrogens is 1. The minimum Gasteiger partial charge on any atom is -0.289 e. The van der Waals surface area contributed by atoms with Gasteiger partial charge >= 0.3 is 0 Å². The van der Waals surface area contributed by atoms with E-state index in [2.05, 4.69) is 0 Å². The predicted octanol–water partition coefficient (Wildman–Crippen LogP) is 3.56. The minimum atomic E-state index is 0.0206. The van der Waals surface area contributed by atoms with Crippen LogP contribution >= 0.6 is 0 Å². The van der Waals surface area contributed by atoms with Crippen LogP contribution in [0.4, 0.5) is 0 Å². The standard InChI is InChI=1S/C19H16NO/c1-20-12-4-5-15(14-20)8-11-19(21)18-10-9-16-6-2-3-7-17(16)13-18/h2-14H,1H3/q+1/b11-8+. The quantitative estimate of drug-likeness (QED) is 0.406. The largest absolute Gasteiger partial charge is 0.289 e. The minimum absolute atomic E-state index is 0.0206. The van der Waals surface area contributed by atoms with E-state index in [9.17, 15) is 4.79 Å². The number of carbonyl (C=O) groups excluding carboxylic acids is 1. The molecule has 0 amide bonds. The Morgan fingerprint density at radius 2 is 1.81 bits per heavy atom. The van der Waals surface area contributed by atoms with E-state index in [-0.39, 0.29) is 5.78 Å². The van der Waals surface area contributed by atoms with Crippen molar-refractivity contribution in [3.8, 4) is 0 Å². The zero-order chi connectivity index (χ0) is 14.7. The number of ketones is 1. The molecule has 0 spiro atoms. The average Bonchev–Trinajstić information content (AvgIpc) is 2.52. The maximum Gasteiger partial charge on any atom is 0.185 e. The third-order valence-corrected chi connectivity index (χ3v) is 3.42. The van der Waals surface area contributed by atoms with Gasteiger partial charge in [0.2, 0.25) is 0 Å². The fourth-order valence-electron chi connectivity index (χ4n) is 2.32. The van der Waals surface area contributed by atoms with Crippen LogP contribution in [0.3, 0.4) is 0 Å². The molecule has 0 bridgehead atoms. The molecule has 21 heavy (non-hydrogen) atoms. The van der Waals surface area contributed by atoms with Gasteiger partial charge in [-0.05, 0) is 35.1 Å². The number of rotatable bonds is 3. The van der Waals surface area contributed by atoms with E-state index >= 15 is 0 Å². The molecule has 1 aromatic heterocycles. The highest BCUT2D eigenvalue weighted by Crippen LogP contribution is 2.16. The van der Waals surface area contributed by atoms with Gasteiger partial charge in [-0.25, -0.2) is 4.57 Å². The Kier molecular flexibility index (Phi) is 3.61. The number of pyridine rings is 1. The zero-order valence-corrected chi connectivity index (χ0v) is 11.9. The van der Waals surface area contributed by atoms with Gasteiger partial charge in [-0.2, -0.15) is 0 Å². The summed E-state index contributed by atoms with van der Waals surface area (Å²) in [5, 5.41) is 2.23. The first-order chi connectivity index (χ1) is 10.2. The van der Waals surface area contributed by atoms with E-state index in [0.717, 1.165) is 16.3 Å². The molecule has 102 valence electrons. The Balaban J connectivity index is 1.86. The Hall–Kier alpha value is -2.74. The van der Waals surface area contributed by atoms with Gasteiger partial charge in [0.25, 0.3) is 0 Å². The first kappa shape index (κ1) is 13.3.